The van der Waals surface area contributed by atoms with Crippen LogP contribution >= 0.6 is 0 Å². The van der Waals surface area contributed by atoms with Gasteiger partial charge in [0, 0.05) is 5.56 Å². The number of halogens is 3. The fourth-order valence-corrected chi connectivity index (χ4v) is 1.56. The Morgan fingerprint density at radius 1 is 1.19 bits per heavy atom. The van der Waals surface area contributed by atoms with E-state index in [1.165, 1.54) is 0 Å². The molecule has 0 aromatic heterocycles. The Balaban J connectivity index is 3.08. The Bertz CT molecular complexity index is 556. The van der Waals surface area contributed by atoms with Crippen LogP contribution in [0.4, 0.5) is 13.2 Å². The van der Waals surface area contributed by atoms with E-state index in [1.54, 1.807) is 0 Å². The van der Waals surface area contributed by atoms with E-state index in [-0.39, 0.29) is 5.56 Å². The van der Waals surface area contributed by atoms with Crippen molar-refractivity contribution in [3.05, 3.63) is 35.4 Å². The summed E-state index contributed by atoms with van der Waals surface area (Å²) < 4.78 is 37.7. The molecule has 1 aromatic carbocycles. The van der Waals surface area contributed by atoms with Crippen LogP contribution in [0.2, 0.25) is 0 Å². The zero-order chi connectivity index (χ0) is 16.2. The van der Waals surface area contributed by atoms with Gasteiger partial charge in [0.15, 0.2) is 0 Å². The second-order valence-electron chi connectivity index (χ2n) is 4.10. The van der Waals surface area contributed by atoms with Crippen molar-refractivity contribution in [3.8, 4) is 0 Å². The summed E-state index contributed by atoms with van der Waals surface area (Å²) in [6.07, 6.45) is -4.64. The molecule has 2 amide bonds. The summed E-state index contributed by atoms with van der Waals surface area (Å²) in [6.45, 7) is -1.56. The lowest BCUT2D eigenvalue weighted by molar-refractivity contribution is -0.139. The van der Waals surface area contributed by atoms with Crippen LogP contribution in [0.3, 0.4) is 0 Å². The van der Waals surface area contributed by atoms with Gasteiger partial charge in [-0.3, -0.25) is 14.4 Å². The van der Waals surface area contributed by atoms with Gasteiger partial charge in [-0.2, -0.15) is 13.2 Å². The van der Waals surface area contributed by atoms with Crippen LogP contribution in [0.25, 0.3) is 0 Å². The molecule has 0 heterocycles. The van der Waals surface area contributed by atoms with Crippen LogP contribution in [-0.2, 0) is 15.8 Å². The number of benzene rings is 1. The number of nitrogens with two attached hydrogens (primary N) is 1. The van der Waals surface area contributed by atoms with E-state index in [2.05, 4.69) is 0 Å². The number of nitrogens with zero attached hydrogens (tertiary/aromatic N) is 1. The highest BCUT2D eigenvalue weighted by Gasteiger charge is 2.31. The fourth-order valence-electron chi connectivity index (χ4n) is 1.56. The molecule has 0 spiro atoms. The summed E-state index contributed by atoms with van der Waals surface area (Å²) in [4.78, 5) is 34.0. The highest BCUT2D eigenvalue weighted by atomic mass is 19.4. The lowest BCUT2D eigenvalue weighted by atomic mass is 10.1. The van der Waals surface area contributed by atoms with Gasteiger partial charge in [-0.05, 0) is 18.2 Å². The number of primary amides is 1. The Morgan fingerprint density at radius 3 is 2.29 bits per heavy atom. The summed E-state index contributed by atoms with van der Waals surface area (Å²) in [5.41, 5.74) is 3.44. The molecule has 9 heteroatoms. The largest absolute Gasteiger partial charge is 0.480 e. The second kappa shape index (κ2) is 6.25. The quantitative estimate of drug-likeness (QED) is 0.837. The Morgan fingerprint density at radius 2 is 1.81 bits per heavy atom. The molecule has 0 saturated carbocycles. The van der Waals surface area contributed by atoms with Crippen molar-refractivity contribution in [3.63, 3.8) is 0 Å². The molecule has 3 N–H and O–H groups in total. The van der Waals surface area contributed by atoms with Gasteiger partial charge in [0.1, 0.15) is 13.1 Å². The monoisotopic (exact) mass is 304 g/mol. The number of alkyl halides is 3. The topological polar surface area (TPSA) is 101 Å². The molecular formula is C12H11F3N2O4. The van der Waals surface area contributed by atoms with Crippen LogP contribution in [-0.4, -0.2) is 40.9 Å². The van der Waals surface area contributed by atoms with Crippen LogP contribution in [0.1, 0.15) is 15.9 Å². The SMILES string of the molecule is NC(=O)CN(CC(=O)O)C(=O)c1cccc(C(F)(F)F)c1. The molecule has 0 aliphatic carbocycles. The van der Waals surface area contributed by atoms with Crippen molar-refractivity contribution >= 4 is 17.8 Å². The standard InChI is InChI=1S/C12H11F3N2O4/c13-12(14,15)8-3-1-2-7(4-8)11(21)17(5-9(16)18)6-10(19)20/h1-4H,5-6H2,(H2,16,18)(H,19,20). The number of carbonyl (C=O) groups is 3. The summed E-state index contributed by atoms with van der Waals surface area (Å²) in [7, 11) is 0. The average molecular weight is 304 g/mol. The maximum atomic E-state index is 12.6. The van der Waals surface area contributed by atoms with Gasteiger partial charge in [-0.15, -0.1) is 0 Å². The number of carbonyl (C=O) groups excluding carboxylic acids is 2. The third-order valence-corrected chi connectivity index (χ3v) is 2.40. The van der Waals surface area contributed by atoms with E-state index in [1.807, 2.05) is 0 Å². The normalized spacial score (nSPS) is 11.0. The molecule has 0 aliphatic rings. The maximum Gasteiger partial charge on any atom is 0.416 e. The van der Waals surface area contributed by atoms with Gasteiger partial charge in [0.25, 0.3) is 5.91 Å². The molecule has 0 radical (unpaired) electrons. The molecule has 6 nitrogen and oxygen atoms in total. The maximum absolute atomic E-state index is 12.6. The zero-order valence-corrected chi connectivity index (χ0v) is 10.6. The van der Waals surface area contributed by atoms with Crippen LogP contribution in [0.15, 0.2) is 24.3 Å². The lowest BCUT2D eigenvalue weighted by Gasteiger charge is -2.19. The summed E-state index contributed by atoms with van der Waals surface area (Å²) in [5, 5.41) is 8.65. The van der Waals surface area contributed by atoms with Crippen LogP contribution in [0.5, 0.6) is 0 Å². The molecule has 21 heavy (non-hydrogen) atoms. The molecule has 0 atom stereocenters. The minimum Gasteiger partial charge on any atom is -0.480 e. The van der Waals surface area contributed by atoms with E-state index < -0.39 is 42.6 Å². The number of aliphatic carboxylic acids is 1. The summed E-state index contributed by atoms with van der Waals surface area (Å²) in [6, 6.07) is 3.46. The highest BCUT2D eigenvalue weighted by molar-refractivity contribution is 5.98. The van der Waals surface area contributed by atoms with E-state index in [0.29, 0.717) is 11.0 Å². The molecule has 0 fully saturated rings. The molecule has 1 aromatic rings. The molecule has 0 aliphatic heterocycles. The smallest absolute Gasteiger partial charge is 0.416 e. The van der Waals surface area contributed by atoms with Crippen molar-refractivity contribution in [2.75, 3.05) is 13.1 Å². The highest BCUT2D eigenvalue weighted by Crippen LogP contribution is 2.29. The number of carboxylic acids is 1. The average Bonchev–Trinajstić information content (AvgIpc) is 2.35. The first-order chi connectivity index (χ1) is 9.61. The first kappa shape index (κ1) is 16.5. The Hall–Kier alpha value is -2.58. The van der Waals surface area contributed by atoms with E-state index in [9.17, 15) is 27.6 Å². The number of carboxylic acid groups (broad SMARTS) is 1. The number of rotatable bonds is 5. The number of hydrogen-bond acceptors (Lipinski definition) is 3. The van der Waals surface area contributed by atoms with E-state index in [0.717, 1.165) is 18.2 Å². The van der Waals surface area contributed by atoms with Gasteiger partial charge in [-0.1, -0.05) is 6.07 Å². The molecule has 1 rings (SSSR count). The van der Waals surface area contributed by atoms with Gasteiger partial charge < -0.3 is 15.7 Å². The van der Waals surface area contributed by atoms with Gasteiger partial charge in [-0.25, -0.2) is 0 Å². The van der Waals surface area contributed by atoms with E-state index >= 15 is 0 Å². The minimum atomic E-state index is -4.64. The number of amides is 2. The number of hydrogen-bond donors (Lipinski definition) is 2. The zero-order valence-electron chi connectivity index (χ0n) is 10.6. The summed E-state index contributed by atoms with van der Waals surface area (Å²) >= 11 is 0. The first-order valence-corrected chi connectivity index (χ1v) is 5.58. The van der Waals surface area contributed by atoms with Gasteiger partial charge >= 0.3 is 12.1 Å². The Kier molecular flexibility index (Phi) is 4.90. The second-order valence-corrected chi connectivity index (χ2v) is 4.10. The lowest BCUT2D eigenvalue weighted by Crippen LogP contribution is -2.41. The third-order valence-electron chi connectivity index (χ3n) is 2.40. The predicted octanol–water partition coefficient (Wildman–Crippen LogP) is 0.718. The predicted molar refractivity (Wildman–Crippen MR) is 64.2 cm³/mol. The van der Waals surface area contributed by atoms with Gasteiger partial charge in [0.05, 0.1) is 5.56 Å². The van der Waals surface area contributed by atoms with E-state index in [4.69, 9.17) is 10.8 Å². The van der Waals surface area contributed by atoms with Gasteiger partial charge in [0.2, 0.25) is 5.91 Å². The van der Waals surface area contributed by atoms with Crippen molar-refractivity contribution < 1.29 is 32.7 Å². The molecule has 0 unspecified atom stereocenters. The van der Waals surface area contributed by atoms with Crippen molar-refractivity contribution in [2.45, 2.75) is 6.18 Å². The minimum absolute atomic E-state index is 0.382. The third kappa shape index (κ3) is 4.79. The summed E-state index contributed by atoms with van der Waals surface area (Å²) in [5.74, 6) is -3.42. The molecular weight excluding hydrogens is 293 g/mol. The van der Waals surface area contributed by atoms with Crippen LogP contribution in [0, 0.1) is 0 Å². The van der Waals surface area contributed by atoms with Crippen molar-refractivity contribution in [1.29, 1.82) is 0 Å². The van der Waals surface area contributed by atoms with Crippen LogP contribution < -0.4 is 5.73 Å². The Labute approximate surface area is 116 Å². The molecule has 114 valence electrons. The fraction of sp³-hybridized carbons (Fsp3) is 0.250. The van der Waals surface area contributed by atoms with Crippen molar-refractivity contribution in [2.24, 2.45) is 5.73 Å². The molecule has 0 saturated heterocycles. The molecule has 0 bridgehead atoms. The van der Waals surface area contributed by atoms with Crippen molar-refractivity contribution in [1.82, 2.24) is 4.90 Å². The first-order valence-electron chi connectivity index (χ1n) is 5.58.